The molecular weight excluding hydrogens is 348 g/mol. The third-order valence-electron chi connectivity index (χ3n) is 4.14. The lowest BCUT2D eigenvalue weighted by Gasteiger charge is -2.39. The standard InChI is InChI=1S/C17H20O9/c1-25-12-6-9(2-4-10(12)18)3-5-14(20)26-13-8-17(24,16(22)23)7-11(19)15(13)21/h2-6,11,13,15,18-19,21,24H,7-8H2,1H3,(H,22,23)/t11-,13-,15+,17-/m1/s1. The number of phenols is 1. The van der Waals surface area contributed by atoms with E-state index in [2.05, 4.69) is 0 Å². The molecule has 0 spiro atoms. The monoisotopic (exact) mass is 368 g/mol. The van der Waals surface area contributed by atoms with E-state index in [-0.39, 0.29) is 11.5 Å². The van der Waals surface area contributed by atoms with Crippen LogP contribution in [0.1, 0.15) is 18.4 Å². The third kappa shape index (κ3) is 4.31. The molecule has 1 aromatic rings. The van der Waals surface area contributed by atoms with Gasteiger partial charge in [0.25, 0.3) is 0 Å². The lowest BCUT2D eigenvalue weighted by atomic mass is 9.79. The highest BCUT2D eigenvalue weighted by atomic mass is 16.6. The number of benzene rings is 1. The first kappa shape index (κ1) is 19.7. The number of aliphatic hydroxyl groups is 3. The van der Waals surface area contributed by atoms with Gasteiger partial charge >= 0.3 is 11.9 Å². The maximum Gasteiger partial charge on any atom is 0.335 e. The van der Waals surface area contributed by atoms with Crippen LogP contribution in [-0.2, 0) is 14.3 Å². The molecule has 0 aromatic heterocycles. The van der Waals surface area contributed by atoms with Crippen LogP contribution < -0.4 is 4.74 Å². The smallest absolute Gasteiger partial charge is 0.335 e. The predicted molar refractivity (Wildman–Crippen MR) is 87.4 cm³/mol. The van der Waals surface area contributed by atoms with Crippen molar-refractivity contribution in [1.82, 2.24) is 0 Å². The number of aromatic hydroxyl groups is 1. The number of ether oxygens (including phenoxy) is 2. The zero-order valence-corrected chi connectivity index (χ0v) is 13.9. The summed E-state index contributed by atoms with van der Waals surface area (Å²) in [5.41, 5.74) is -1.78. The van der Waals surface area contributed by atoms with Gasteiger partial charge in [0, 0.05) is 18.9 Å². The van der Waals surface area contributed by atoms with Gasteiger partial charge in [0.2, 0.25) is 0 Å². The van der Waals surface area contributed by atoms with Crippen molar-refractivity contribution < 1.29 is 44.6 Å². The lowest BCUT2D eigenvalue weighted by molar-refractivity contribution is -0.196. The molecule has 142 valence electrons. The summed E-state index contributed by atoms with van der Waals surface area (Å²) >= 11 is 0. The molecule has 1 aliphatic carbocycles. The zero-order valence-electron chi connectivity index (χ0n) is 13.9. The minimum Gasteiger partial charge on any atom is -0.504 e. The van der Waals surface area contributed by atoms with E-state index in [0.29, 0.717) is 5.56 Å². The molecule has 9 heteroatoms. The number of rotatable bonds is 5. The fraction of sp³-hybridized carbons (Fsp3) is 0.412. The summed E-state index contributed by atoms with van der Waals surface area (Å²) in [7, 11) is 1.37. The highest BCUT2D eigenvalue weighted by molar-refractivity contribution is 5.87. The van der Waals surface area contributed by atoms with Gasteiger partial charge in [0.1, 0.15) is 12.2 Å². The largest absolute Gasteiger partial charge is 0.504 e. The van der Waals surface area contributed by atoms with E-state index < -0.39 is 48.7 Å². The van der Waals surface area contributed by atoms with Gasteiger partial charge in [-0.15, -0.1) is 0 Å². The van der Waals surface area contributed by atoms with E-state index in [1.807, 2.05) is 0 Å². The highest BCUT2D eigenvalue weighted by Crippen LogP contribution is 2.31. The van der Waals surface area contributed by atoms with Crippen LogP contribution >= 0.6 is 0 Å². The number of aliphatic carboxylic acids is 1. The number of hydrogen-bond acceptors (Lipinski definition) is 8. The molecule has 4 atom stereocenters. The van der Waals surface area contributed by atoms with Gasteiger partial charge in [0.15, 0.2) is 17.1 Å². The first-order valence-electron chi connectivity index (χ1n) is 7.74. The van der Waals surface area contributed by atoms with Crippen molar-refractivity contribution in [3.63, 3.8) is 0 Å². The third-order valence-corrected chi connectivity index (χ3v) is 4.14. The van der Waals surface area contributed by atoms with Crippen LogP contribution in [0.25, 0.3) is 6.08 Å². The zero-order chi connectivity index (χ0) is 19.5. The van der Waals surface area contributed by atoms with Crippen LogP contribution in [0.4, 0.5) is 0 Å². The van der Waals surface area contributed by atoms with E-state index in [1.165, 1.54) is 31.4 Å². The molecular formula is C17H20O9. The van der Waals surface area contributed by atoms with Crippen molar-refractivity contribution >= 4 is 18.0 Å². The Labute approximate surface area is 148 Å². The minimum absolute atomic E-state index is 0.0699. The fourth-order valence-electron chi connectivity index (χ4n) is 2.69. The Balaban J connectivity index is 2.07. The van der Waals surface area contributed by atoms with E-state index >= 15 is 0 Å². The molecule has 0 aliphatic heterocycles. The first-order chi connectivity index (χ1) is 12.2. The van der Waals surface area contributed by atoms with Crippen LogP contribution in [0.15, 0.2) is 24.3 Å². The Morgan fingerprint density at radius 2 is 1.96 bits per heavy atom. The van der Waals surface area contributed by atoms with E-state index in [9.17, 15) is 30.0 Å². The number of hydrogen-bond donors (Lipinski definition) is 5. The Hall–Kier alpha value is -2.62. The van der Waals surface area contributed by atoms with E-state index in [1.54, 1.807) is 0 Å². The number of aliphatic hydroxyl groups excluding tert-OH is 2. The van der Waals surface area contributed by atoms with Crippen LogP contribution in [0.2, 0.25) is 0 Å². The maximum atomic E-state index is 11.9. The number of phenolic OH excluding ortho intramolecular Hbond substituents is 1. The van der Waals surface area contributed by atoms with Crippen molar-refractivity contribution in [2.24, 2.45) is 0 Å². The molecule has 0 bridgehead atoms. The summed E-state index contributed by atoms with van der Waals surface area (Å²) in [6, 6.07) is 4.36. The highest BCUT2D eigenvalue weighted by Gasteiger charge is 2.50. The Morgan fingerprint density at radius 1 is 1.27 bits per heavy atom. The van der Waals surface area contributed by atoms with Gasteiger partial charge in [-0.25, -0.2) is 9.59 Å². The summed E-state index contributed by atoms with van der Waals surface area (Å²) in [4.78, 5) is 23.1. The van der Waals surface area contributed by atoms with Crippen molar-refractivity contribution in [2.45, 2.75) is 36.8 Å². The number of carboxylic acids is 1. The molecule has 1 aliphatic rings. The van der Waals surface area contributed by atoms with Crippen molar-refractivity contribution in [3.05, 3.63) is 29.8 Å². The summed E-state index contributed by atoms with van der Waals surface area (Å²) < 4.78 is 9.92. The average molecular weight is 368 g/mol. The number of carbonyl (C=O) groups is 2. The van der Waals surface area contributed by atoms with Gasteiger partial charge in [-0.1, -0.05) is 6.07 Å². The number of esters is 1. The van der Waals surface area contributed by atoms with Gasteiger partial charge in [-0.2, -0.15) is 0 Å². The second kappa shape index (κ2) is 7.73. The molecule has 5 N–H and O–H groups in total. The van der Waals surface area contributed by atoms with Gasteiger partial charge in [0.05, 0.1) is 13.2 Å². The van der Waals surface area contributed by atoms with Gasteiger partial charge in [-0.05, 0) is 23.8 Å². The fourth-order valence-corrected chi connectivity index (χ4v) is 2.69. The second-order valence-electron chi connectivity index (χ2n) is 6.04. The molecule has 9 nitrogen and oxygen atoms in total. The lowest BCUT2D eigenvalue weighted by Crippen LogP contribution is -2.57. The predicted octanol–water partition coefficient (Wildman–Crippen LogP) is -0.343. The van der Waals surface area contributed by atoms with Crippen molar-refractivity contribution in [2.75, 3.05) is 7.11 Å². The van der Waals surface area contributed by atoms with Gasteiger partial charge < -0.3 is 35.0 Å². The topological polar surface area (TPSA) is 154 Å². The van der Waals surface area contributed by atoms with E-state index in [4.69, 9.17) is 14.6 Å². The Bertz CT molecular complexity index is 714. The molecule has 26 heavy (non-hydrogen) atoms. The van der Waals surface area contributed by atoms with Crippen molar-refractivity contribution in [1.29, 1.82) is 0 Å². The van der Waals surface area contributed by atoms with Crippen LogP contribution in [0.5, 0.6) is 11.5 Å². The van der Waals surface area contributed by atoms with Gasteiger partial charge in [-0.3, -0.25) is 0 Å². The normalized spacial score (nSPS) is 28.7. The number of carbonyl (C=O) groups excluding carboxylic acids is 1. The molecule has 1 fully saturated rings. The average Bonchev–Trinajstić information content (AvgIpc) is 2.58. The SMILES string of the molecule is COc1cc(C=CC(=O)O[C@@H]2C[C@@](O)(C(=O)O)C[C@@H](O)[C@@H]2O)ccc1O. The first-order valence-corrected chi connectivity index (χ1v) is 7.74. The number of methoxy groups -OCH3 is 1. The second-order valence-corrected chi connectivity index (χ2v) is 6.04. The summed E-state index contributed by atoms with van der Waals surface area (Å²) in [5.74, 6) is -2.34. The van der Waals surface area contributed by atoms with Crippen LogP contribution in [0.3, 0.4) is 0 Å². The molecule has 1 aromatic carbocycles. The Kier molecular flexibility index (Phi) is 5.86. The summed E-state index contributed by atoms with van der Waals surface area (Å²) in [6.07, 6.45) is -3.17. The van der Waals surface area contributed by atoms with Crippen molar-refractivity contribution in [3.8, 4) is 11.5 Å². The quantitative estimate of drug-likeness (QED) is 0.347. The molecule has 0 amide bonds. The Morgan fingerprint density at radius 3 is 2.58 bits per heavy atom. The summed E-state index contributed by atoms with van der Waals surface area (Å²) in [5, 5.41) is 48.2. The molecule has 0 saturated heterocycles. The molecule has 0 unspecified atom stereocenters. The number of carboxylic acid groups (broad SMARTS) is 1. The van der Waals surface area contributed by atoms with Crippen LogP contribution in [-0.4, -0.2) is 68.5 Å². The maximum absolute atomic E-state index is 11.9. The molecule has 0 heterocycles. The molecule has 2 rings (SSSR count). The summed E-state index contributed by atoms with van der Waals surface area (Å²) in [6.45, 7) is 0. The molecule has 0 radical (unpaired) electrons. The van der Waals surface area contributed by atoms with E-state index in [0.717, 1.165) is 6.08 Å². The molecule has 1 saturated carbocycles. The van der Waals surface area contributed by atoms with Crippen LogP contribution in [0, 0.1) is 0 Å². The minimum atomic E-state index is -2.29.